The van der Waals surface area contributed by atoms with Crippen molar-refractivity contribution in [1.29, 1.82) is 0 Å². The molecule has 4 rings (SSSR count). The highest BCUT2D eigenvalue weighted by Gasteiger charge is 2.17. The number of pyridine rings is 1. The summed E-state index contributed by atoms with van der Waals surface area (Å²) < 4.78 is 12.6. The SMILES string of the molecule is CP(C)(=O)c1ccccc1Nc1nc(Nc2cnc3[nH]ncc3c2)ncc1Cl. The average molecular weight is 414 g/mol. The van der Waals surface area contributed by atoms with E-state index >= 15 is 0 Å². The standard InChI is InChI=1S/C18H17ClN7OP/c1-28(2,27)15-6-4-3-5-14(15)24-17-13(19)10-21-18(25-17)23-12-7-11-8-22-26-16(11)20-9-12/h3-10H,1-2H3,(H,20,22,26)(H2,21,23,24,25). The lowest BCUT2D eigenvalue weighted by atomic mass is 10.3. The molecule has 0 fully saturated rings. The van der Waals surface area contributed by atoms with E-state index in [2.05, 4.69) is 35.8 Å². The first kappa shape index (κ1) is 18.4. The van der Waals surface area contributed by atoms with E-state index < -0.39 is 7.14 Å². The summed E-state index contributed by atoms with van der Waals surface area (Å²) in [6.45, 7) is 3.45. The summed E-state index contributed by atoms with van der Waals surface area (Å²) in [4.78, 5) is 12.9. The maximum atomic E-state index is 12.6. The van der Waals surface area contributed by atoms with Gasteiger partial charge in [-0.1, -0.05) is 23.7 Å². The molecular weight excluding hydrogens is 397 g/mol. The molecule has 10 heteroatoms. The van der Waals surface area contributed by atoms with Gasteiger partial charge in [-0.3, -0.25) is 5.10 Å². The van der Waals surface area contributed by atoms with Crippen molar-refractivity contribution in [3.63, 3.8) is 0 Å². The van der Waals surface area contributed by atoms with Crippen LogP contribution in [0.1, 0.15) is 0 Å². The Hall–Kier alpha value is -2.96. The third-order valence-electron chi connectivity index (χ3n) is 4.03. The van der Waals surface area contributed by atoms with Gasteiger partial charge in [0, 0.05) is 10.7 Å². The number of hydrogen-bond donors (Lipinski definition) is 3. The highest BCUT2D eigenvalue weighted by Crippen LogP contribution is 2.38. The monoisotopic (exact) mass is 413 g/mol. The van der Waals surface area contributed by atoms with E-state index in [0.717, 1.165) is 10.7 Å². The zero-order valence-corrected chi connectivity index (χ0v) is 16.8. The number of aromatic nitrogens is 5. The molecule has 8 nitrogen and oxygen atoms in total. The van der Waals surface area contributed by atoms with E-state index in [1.54, 1.807) is 25.7 Å². The fourth-order valence-electron chi connectivity index (χ4n) is 2.73. The van der Waals surface area contributed by atoms with Crippen molar-refractivity contribution in [2.75, 3.05) is 24.0 Å². The molecule has 3 N–H and O–H groups in total. The Morgan fingerprint density at radius 1 is 1.07 bits per heavy atom. The lowest BCUT2D eigenvalue weighted by molar-refractivity contribution is 0.588. The molecule has 1 aromatic carbocycles. The van der Waals surface area contributed by atoms with Crippen LogP contribution in [0.3, 0.4) is 0 Å². The molecule has 142 valence electrons. The molecule has 0 bridgehead atoms. The Morgan fingerprint density at radius 3 is 2.71 bits per heavy atom. The molecule has 0 aliphatic rings. The molecule has 3 heterocycles. The van der Waals surface area contributed by atoms with Gasteiger partial charge in [-0.25, -0.2) is 9.97 Å². The number of H-pyrrole nitrogens is 1. The third kappa shape index (κ3) is 3.83. The van der Waals surface area contributed by atoms with Gasteiger partial charge in [0.2, 0.25) is 5.95 Å². The number of para-hydroxylation sites is 1. The molecule has 0 aliphatic carbocycles. The Kier molecular flexibility index (Phi) is 4.75. The van der Waals surface area contributed by atoms with Crippen LogP contribution in [0.2, 0.25) is 5.02 Å². The Balaban J connectivity index is 1.64. The zero-order chi connectivity index (χ0) is 19.7. The minimum absolute atomic E-state index is 0.352. The van der Waals surface area contributed by atoms with Crippen LogP contribution >= 0.6 is 18.7 Å². The van der Waals surface area contributed by atoms with E-state index in [1.165, 1.54) is 6.20 Å². The number of nitrogens with zero attached hydrogens (tertiary/aromatic N) is 4. The fraction of sp³-hybridized carbons (Fsp3) is 0.111. The first-order chi connectivity index (χ1) is 13.4. The minimum Gasteiger partial charge on any atom is -0.338 e. The first-order valence-corrected chi connectivity index (χ1v) is 11.4. The fourth-order valence-corrected chi connectivity index (χ4v) is 4.02. The van der Waals surface area contributed by atoms with Gasteiger partial charge in [0.25, 0.3) is 0 Å². The van der Waals surface area contributed by atoms with Gasteiger partial charge < -0.3 is 15.2 Å². The number of benzene rings is 1. The van der Waals surface area contributed by atoms with Crippen molar-refractivity contribution >= 4 is 58.2 Å². The highest BCUT2D eigenvalue weighted by molar-refractivity contribution is 7.70. The highest BCUT2D eigenvalue weighted by atomic mass is 35.5. The maximum absolute atomic E-state index is 12.6. The average Bonchev–Trinajstić information content (AvgIpc) is 3.12. The molecular formula is C18H17ClN7OP. The summed E-state index contributed by atoms with van der Waals surface area (Å²) in [5, 5.41) is 15.0. The first-order valence-electron chi connectivity index (χ1n) is 8.40. The van der Waals surface area contributed by atoms with Crippen LogP contribution in [0.4, 0.5) is 23.1 Å². The van der Waals surface area contributed by atoms with Gasteiger partial charge in [0.15, 0.2) is 11.5 Å². The van der Waals surface area contributed by atoms with Crippen molar-refractivity contribution in [2.24, 2.45) is 0 Å². The van der Waals surface area contributed by atoms with Gasteiger partial charge >= 0.3 is 0 Å². The summed E-state index contributed by atoms with van der Waals surface area (Å²) in [5.74, 6) is 0.766. The molecule has 0 saturated heterocycles. The Morgan fingerprint density at radius 2 is 1.89 bits per heavy atom. The summed E-state index contributed by atoms with van der Waals surface area (Å²) >= 11 is 6.27. The van der Waals surface area contributed by atoms with E-state index in [-0.39, 0.29) is 0 Å². The van der Waals surface area contributed by atoms with Crippen molar-refractivity contribution in [1.82, 2.24) is 25.1 Å². The van der Waals surface area contributed by atoms with Gasteiger partial charge in [0.1, 0.15) is 12.2 Å². The van der Waals surface area contributed by atoms with E-state index in [1.807, 2.05) is 30.3 Å². The van der Waals surface area contributed by atoms with Gasteiger partial charge in [-0.05, 0) is 31.5 Å². The Labute approximate surface area is 166 Å². The van der Waals surface area contributed by atoms with Gasteiger partial charge in [-0.15, -0.1) is 0 Å². The normalized spacial score (nSPS) is 11.5. The molecule has 0 amide bonds. The van der Waals surface area contributed by atoms with Crippen LogP contribution in [0.15, 0.2) is 48.9 Å². The van der Waals surface area contributed by atoms with Gasteiger partial charge in [-0.2, -0.15) is 10.1 Å². The largest absolute Gasteiger partial charge is 0.338 e. The molecule has 0 radical (unpaired) electrons. The predicted molar refractivity (Wildman–Crippen MR) is 113 cm³/mol. The van der Waals surface area contributed by atoms with Crippen LogP contribution in [0.25, 0.3) is 11.0 Å². The van der Waals surface area contributed by atoms with Crippen molar-refractivity contribution in [3.05, 3.63) is 53.9 Å². The van der Waals surface area contributed by atoms with Crippen LogP contribution in [-0.2, 0) is 4.57 Å². The lowest BCUT2D eigenvalue weighted by Crippen LogP contribution is -2.10. The second-order valence-corrected chi connectivity index (χ2v) is 10.1. The molecule has 0 aliphatic heterocycles. The zero-order valence-electron chi connectivity index (χ0n) is 15.1. The van der Waals surface area contributed by atoms with Crippen molar-refractivity contribution < 1.29 is 4.57 Å². The number of nitrogens with one attached hydrogen (secondary N) is 3. The second kappa shape index (κ2) is 7.22. The minimum atomic E-state index is -2.47. The van der Waals surface area contributed by atoms with Gasteiger partial charge in [0.05, 0.1) is 30.0 Å². The van der Waals surface area contributed by atoms with Crippen molar-refractivity contribution in [2.45, 2.75) is 0 Å². The van der Waals surface area contributed by atoms with E-state index in [9.17, 15) is 4.57 Å². The summed E-state index contributed by atoms with van der Waals surface area (Å²) in [6, 6.07) is 9.28. The number of aromatic amines is 1. The topological polar surface area (TPSA) is 108 Å². The summed E-state index contributed by atoms with van der Waals surface area (Å²) in [5.41, 5.74) is 2.11. The quantitative estimate of drug-likeness (QED) is 0.422. The summed E-state index contributed by atoms with van der Waals surface area (Å²) in [6.07, 6.45) is 4.85. The number of halogens is 1. The lowest BCUT2D eigenvalue weighted by Gasteiger charge is -2.15. The van der Waals surface area contributed by atoms with Crippen LogP contribution in [0.5, 0.6) is 0 Å². The van der Waals surface area contributed by atoms with Crippen molar-refractivity contribution in [3.8, 4) is 0 Å². The van der Waals surface area contributed by atoms with E-state index in [4.69, 9.17) is 11.6 Å². The number of anilines is 4. The molecule has 0 spiro atoms. The number of rotatable bonds is 5. The van der Waals surface area contributed by atoms with Crippen LogP contribution < -0.4 is 15.9 Å². The summed E-state index contributed by atoms with van der Waals surface area (Å²) in [7, 11) is -2.47. The molecule has 4 aromatic rings. The predicted octanol–water partition coefficient (Wildman–Crippen LogP) is 4.14. The molecule has 0 saturated carbocycles. The maximum Gasteiger partial charge on any atom is 0.229 e. The number of fused-ring (bicyclic) bond motifs is 1. The molecule has 0 unspecified atom stereocenters. The Bertz CT molecular complexity index is 1200. The number of hydrogen-bond acceptors (Lipinski definition) is 7. The molecule has 3 aromatic heterocycles. The van der Waals surface area contributed by atoms with Crippen LogP contribution in [0, 0.1) is 0 Å². The van der Waals surface area contributed by atoms with E-state index in [0.29, 0.717) is 33.8 Å². The third-order valence-corrected chi connectivity index (χ3v) is 5.86. The second-order valence-electron chi connectivity index (χ2n) is 6.54. The molecule has 0 atom stereocenters. The van der Waals surface area contributed by atoms with Crippen LogP contribution in [-0.4, -0.2) is 38.5 Å². The molecule has 28 heavy (non-hydrogen) atoms. The smallest absolute Gasteiger partial charge is 0.229 e.